The van der Waals surface area contributed by atoms with Gasteiger partial charge >= 0.3 is 0 Å². The van der Waals surface area contributed by atoms with Crippen molar-refractivity contribution in [1.82, 2.24) is 18.7 Å². The summed E-state index contributed by atoms with van der Waals surface area (Å²) in [5.74, 6) is 2.33. The first-order chi connectivity index (χ1) is 37.1. The van der Waals surface area contributed by atoms with Crippen LogP contribution < -0.4 is 9.30 Å². The molecule has 0 N–H and O–H groups in total. The Kier molecular flexibility index (Phi) is 9.99. The standard InChI is InChI=1S/C72H67N5O/c1-68(2,3)43-35-52-53-36-44(69(4,5)6)38-57(71(10,11)12)66(53)72(65(52)56(37-43)70(7,8)9)54-32-30-47(41-63(54)75-42-74(13)61-28-20-24-55(72)67(61)75)78-46-29-31-51-50-23-16-19-27-60(50)77(62(51)40-46)64-39-45(33-34-73-64)76-58-25-17-14-21-48(58)49-22-15-18-26-59(49)76/h14-41H,1-13H3. The van der Waals surface area contributed by atoms with E-state index in [1.807, 2.05) is 6.20 Å². The van der Waals surface area contributed by atoms with Crippen LogP contribution in [0.4, 0.5) is 0 Å². The highest BCUT2D eigenvalue weighted by Crippen LogP contribution is 2.65. The highest BCUT2D eigenvalue weighted by atomic mass is 16.5. The van der Waals surface area contributed by atoms with Gasteiger partial charge in [-0.25, -0.2) is 4.98 Å². The Balaban J connectivity index is 0.992. The molecule has 386 valence electrons. The van der Waals surface area contributed by atoms with Crippen molar-refractivity contribution in [3.05, 3.63) is 221 Å². The van der Waals surface area contributed by atoms with Gasteiger partial charge in [0.05, 0.1) is 56.9 Å². The Labute approximate surface area is 458 Å². The van der Waals surface area contributed by atoms with Crippen molar-refractivity contribution in [3.63, 3.8) is 0 Å². The molecule has 0 radical (unpaired) electrons. The van der Waals surface area contributed by atoms with Gasteiger partial charge in [-0.1, -0.05) is 186 Å². The van der Waals surface area contributed by atoms with E-state index in [4.69, 9.17) is 9.72 Å². The molecule has 0 bridgehead atoms. The number of hydrogen-bond donors (Lipinski definition) is 0. The first-order valence-corrected chi connectivity index (χ1v) is 27.8. The molecule has 8 aromatic carbocycles. The Morgan fingerprint density at radius 2 is 1.00 bits per heavy atom. The summed E-state index contributed by atoms with van der Waals surface area (Å²) in [6.07, 6.45) is 5.74. The van der Waals surface area contributed by atoms with Gasteiger partial charge in [-0.2, -0.15) is 0 Å². The Hall–Kier alpha value is -8.22. The first-order valence-electron chi connectivity index (χ1n) is 27.8. The molecule has 0 amide bonds. The van der Waals surface area contributed by atoms with Gasteiger partial charge in [0.2, 0.25) is 6.33 Å². The maximum Gasteiger partial charge on any atom is 0.244 e. The average Bonchev–Trinajstić information content (AvgIpc) is 2.69. The van der Waals surface area contributed by atoms with Gasteiger partial charge in [-0.3, -0.25) is 4.57 Å². The molecule has 4 aromatic heterocycles. The number of nitrogens with zero attached hydrogens (tertiary/aromatic N) is 5. The van der Waals surface area contributed by atoms with Crippen LogP contribution in [0.1, 0.15) is 128 Å². The second-order valence-electron chi connectivity index (χ2n) is 26.4. The minimum Gasteiger partial charge on any atom is -0.458 e. The quantitative estimate of drug-likeness (QED) is 0.130. The number of hydrogen-bond acceptors (Lipinski definition) is 2. The first kappa shape index (κ1) is 48.2. The Bertz CT molecular complexity index is 4390. The van der Waals surface area contributed by atoms with Crippen molar-refractivity contribution < 1.29 is 9.30 Å². The van der Waals surface area contributed by atoms with Crippen LogP contribution >= 0.6 is 0 Å². The van der Waals surface area contributed by atoms with E-state index in [-0.39, 0.29) is 21.7 Å². The van der Waals surface area contributed by atoms with E-state index in [1.54, 1.807) is 0 Å². The third-order valence-corrected chi connectivity index (χ3v) is 17.2. The fourth-order valence-electron chi connectivity index (χ4n) is 13.5. The molecule has 6 nitrogen and oxygen atoms in total. The minimum absolute atomic E-state index is 0.0705. The van der Waals surface area contributed by atoms with Crippen molar-refractivity contribution in [1.29, 1.82) is 0 Å². The number of benzene rings is 8. The maximum atomic E-state index is 7.19. The topological polar surface area (TPSA) is 40.8 Å². The Morgan fingerprint density at radius 1 is 0.474 bits per heavy atom. The number of ether oxygens (including phenoxy) is 1. The van der Waals surface area contributed by atoms with Crippen LogP contribution in [-0.2, 0) is 34.1 Å². The highest BCUT2D eigenvalue weighted by Gasteiger charge is 2.54. The summed E-state index contributed by atoms with van der Waals surface area (Å²) in [6.45, 7) is 28.6. The van der Waals surface area contributed by atoms with Crippen LogP contribution in [0.15, 0.2) is 170 Å². The SMILES string of the molecule is C[n+]1[c-]n2c3c(cccc31)C1(c3ccc(Oc4ccc5c6ccccc6n(-c6cc(-n7c8ccccc8c8ccccc87)ccn6)c5c4)cc3-2)c2c(cc(C(C)(C)C)cc2C(C)(C)C)-c2cc(C(C)(C)C)cc(C(C)(C)C)c21. The second-order valence-corrected chi connectivity index (χ2v) is 26.4. The highest BCUT2D eigenvalue weighted by molar-refractivity contribution is 6.11. The van der Waals surface area contributed by atoms with Crippen molar-refractivity contribution in [2.24, 2.45) is 7.05 Å². The normalized spacial score (nSPS) is 14.1. The fraction of sp³-hybridized carbons (Fsp3) is 0.250. The molecule has 0 fully saturated rings. The monoisotopic (exact) mass is 1020 g/mol. The third-order valence-electron chi connectivity index (χ3n) is 17.2. The zero-order valence-electron chi connectivity index (χ0n) is 47.3. The number of pyridine rings is 1. The van der Waals surface area contributed by atoms with Crippen LogP contribution in [0.25, 0.3) is 83.0 Å². The van der Waals surface area contributed by atoms with E-state index in [0.717, 1.165) is 67.0 Å². The molecule has 0 saturated heterocycles. The molecule has 0 atom stereocenters. The molecule has 1 aliphatic carbocycles. The van der Waals surface area contributed by atoms with Gasteiger partial charge in [-0.05, 0) is 126 Å². The molecule has 14 rings (SSSR count). The molecule has 2 aliphatic rings. The van der Waals surface area contributed by atoms with Crippen LogP contribution in [0.2, 0.25) is 0 Å². The lowest BCUT2D eigenvalue weighted by molar-refractivity contribution is -0.649. The molecule has 12 aromatic rings. The van der Waals surface area contributed by atoms with Gasteiger partial charge in [0.15, 0.2) is 0 Å². The molecule has 78 heavy (non-hydrogen) atoms. The van der Waals surface area contributed by atoms with Crippen molar-refractivity contribution in [2.45, 2.75) is 110 Å². The fourth-order valence-corrected chi connectivity index (χ4v) is 13.5. The van der Waals surface area contributed by atoms with Gasteiger partial charge < -0.3 is 18.4 Å². The van der Waals surface area contributed by atoms with E-state index in [2.05, 4.69) is 279 Å². The van der Waals surface area contributed by atoms with E-state index in [9.17, 15) is 0 Å². The van der Waals surface area contributed by atoms with E-state index in [0.29, 0.717) is 0 Å². The van der Waals surface area contributed by atoms with Gasteiger partial charge in [0.1, 0.15) is 17.3 Å². The zero-order chi connectivity index (χ0) is 54.2. The number of fused-ring (bicyclic) bond motifs is 15. The van der Waals surface area contributed by atoms with Gasteiger partial charge in [-0.15, -0.1) is 0 Å². The molecule has 0 saturated carbocycles. The summed E-state index contributed by atoms with van der Waals surface area (Å²) < 4.78 is 16.3. The number of imidazole rings is 1. The summed E-state index contributed by atoms with van der Waals surface area (Å²) in [7, 11) is 2.13. The van der Waals surface area contributed by atoms with Crippen LogP contribution in [0.5, 0.6) is 11.5 Å². The van der Waals surface area contributed by atoms with E-state index < -0.39 is 5.41 Å². The number of aromatic nitrogens is 5. The van der Waals surface area contributed by atoms with E-state index in [1.165, 1.54) is 71.9 Å². The van der Waals surface area contributed by atoms with Crippen LogP contribution in [0, 0.1) is 6.33 Å². The predicted octanol–water partition coefficient (Wildman–Crippen LogP) is 17.5. The lowest BCUT2D eigenvalue weighted by Gasteiger charge is -2.45. The number of aryl methyl sites for hydroxylation is 1. The largest absolute Gasteiger partial charge is 0.458 e. The smallest absolute Gasteiger partial charge is 0.244 e. The van der Waals surface area contributed by atoms with Gasteiger partial charge in [0, 0.05) is 39.9 Å². The summed E-state index contributed by atoms with van der Waals surface area (Å²) >= 11 is 0. The molecule has 5 heterocycles. The molecular formula is C72H67N5O. The summed E-state index contributed by atoms with van der Waals surface area (Å²) in [5.41, 5.74) is 21.1. The molecular weight excluding hydrogens is 951 g/mol. The molecule has 1 spiro atoms. The number of para-hydroxylation sites is 4. The summed E-state index contributed by atoms with van der Waals surface area (Å²) in [4.78, 5) is 5.10. The van der Waals surface area contributed by atoms with Crippen molar-refractivity contribution in [2.75, 3.05) is 0 Å². The lowest BCUT2D eigenvalue weighted by atomic mass is 9.60. The summed E-state index contributed by atoms with van der Waals surface area (Å²) in [5, 5.41) is 4.75. The Morgan fingerprint density at radius 3 is 1.56 bits per heavy atom. The number of rotatable bonds is 4. The maximum absolute atomic E-state index is 7.19. The summed E-state index contributed by atoms with van der Waals surface area (Å²) in [6, 6.07) is 60.8. The second kappa shape index (κ2) is 16.2. The van der Waals surface area contributed by atoms with Crippen molar-refractivity contribution >= 4 is 54.6 Å². The van der Waals surface area contributed by atoms with Crippen LogP contribution in [-0.4, -0.2) is 18.7 Å². The molecule has 6 heteroatoms. The molecule has 1 aliphatic heterocycles. The third kappa shape index (κ3) is 6.80. The zero-order valence-corrected chi connectivity index (χ0v) is 47.3. The molecule has 0 unspecified atom stereocenters. The predicted molar refractivity (Wildman–Crippen MR) is 322 cm³/mol. The minimum atomic E-state index is -0.675. The van der Waals surface area contributed by atoms with Crippen molar-refractivity contribution in [3.8, 4) is 39.8 Å². The van der Waals surface area contributed by atoms with Crippen LogP contribution in [0.3, 0.4) is 0 Å². The van der Waals surface area contributed by atoms with E-state index >= 15 is 0 Å². The van der Waals surface area contributed by atoms with Gasteiger partial charge in [0.25, 0.3) is 0 Å². The lowest BCUT2D eigenvalue weighted by Crippen LogP contribution is -2.38. The average molecular weight is 1020 g/mol.